The van der Waals surface area contributed by atoms with Crippen molar-refractivity contribution in [3.8, 4) is 5.69 Å². The highest BCUT2D eigenvalue weighted by atomic mass is 35.5. The van der Waals surface area contributed by atoms with Gasteiger partial charge in [0.1, 0.15) is 0 Å². The van der Waals surface area contributed by atoms with Crippen LogP contribution in [0.4, 0.5) is 0 Å². The Hall–Kier alpha value is -1.85. The number of hydrogen-bond donors (Lipinski definition) is 1. The van der Waals surface area contributed by atoms with E-state index in [0.717, 1.165) is 61.3 Å². The normalized spacial score (nSPS) is 19.7. The molecule has 1 aromatic heterocycles. The third kappa shape index (κ3) is 3.51. The number of ether oxygens (including phenoxy) is 1. The molecule has 0 radical (unpaired) electrons. The lowest BCUT2D eigenvalue weighted by Crippen LogP contribution is -2.32. The number of aromatic nitrogens is 2. The van der Waals surface area contributed by atoms with Gasteiger partial charge in [-0.15, -0.1) is 0 Å². The smallest absolute Gasteiger partial charge is 0.255 e. The van der Waals surface area contributed by atoms with Crippen LogP contribution in [0.3, 0.4) is 0 Å². The Morgan fingerprint density at radius 1 is 1.38 bits per heavy atom. The molecule has 0 bridgehead atoms. The summed E-state index contributed by atoms with van der Waals surface area (Å²) in [7, 11) is 0. The Kier molecular flexibility index (Phi) is 5.00. The van der Waals surface area contributed by atoms with Crippen molar-refractivity contribution in [1.29, 1.82) is 0 Å². The number of nitrogens with zero attached hydrogens (tertiary/aromatic N) is 2. The van der Waals surface area contributed by atoms with Gasteiger partial charge in [0.05, 0.1) is 28.7 Å². The Bertz CT molecular complexity index is 807. The first kappa shape index (κ1) is 17.6. The summed E-state index contributed by atoms with van der Waals surface area (Å²) >= 11 is 6.16. The Morgan fingerprint density at radius 2 is 2.23 bits per heavy atom. The molecule has 2 aromatic rings. The maximum Gasteiger partial charge on any atom is 0.255 e. The Balaban J connectivity index is 1.67. The summed E-state index contributed by atoms with van der Waals surface area (Å²) in [6.07, 6.45) is 5.15. The van der Waals surface area contributed by atoms with Crippen LogP contribution in [0.2, 0.25) is 5.02 Å². The highest BCUT2D eigenvalue weighted by Gasteiger charge is 2.34. The van der Waals surface area contributed by atoms with Gasteiger partial charge in [-0.05, 0) is 50.3 Å². The van der Waals surface area contributed by atoms with Gasteiger partial charge in [0.15, 0.2) is 0 Å². The average molecular weight is 374 g/mol. The number of carbonyl (C=O) groups excluding carboxylic acids is 1. The molecular formula is C20H24ClN3O2. The molecule has 1 aromatic carbocycles. The average Bonchev–Trinajstić information content (AvgIpc) is 3.21. The van der Waals surface area contributed by atoms with Gasteiger partial charge in [-0.2, -0.15) is 5.10 Å². The summed E-state index contributed by atoms with van der Waals surface area (Å²) in [6, 6.07) is 7.62. The van der Waals surface area contributed by atoms with Crippen LogP contribution in [-0.2, 0) is 11.2 Å². The van der Waals surface area contributed by atoms with Crippen LogP contribution < -0.4 is 5.32 Å². The van der Waals surface area contributed by atoms with E-state index >= 15 is 0 Å². The minimum Gasteiger partial charge on any atom is -0.376 e. The molecule has 138 valence electrons. The zero-order chi connectivity index (χ0) is 18.1. The molecule has 2 heterocycles. The molecule has 1 saturated carbocycles. The first-order chi connectivity index (χ1) is 12.7. The number of carbonyl (C=O) groups is 1. The molecule has 0 unspecified atom stereocenters. The predicted octanol–water partition coefficient (Wildman–Crippen LogP) is 3.87. The van der Waals surface area contributed by atoms with E-state index in [9.17, 15) is 4.79 Å². The standard InChI is InChI=1S/C20H24ClN3O2/c1-2-17-18(20(25)22-12-16-7-4-10-26-16)19(13-8-9-13)23-24(17)15-6-3-5-14(21)11-15/h3,5-6,11,13,16H,2,4,7-10,12H2,1H3,(H,22,25)/t16-/m0/s1. The lowest BCUT2D eigenvalue weighted by Gasteiger charge is -2.12. The van der Waals surface area contributed by atoms with E-state index in [-0.39, 0.29) is 12.0 Å². The minimum absolute atomic E-state index is 0.0347. The van der Waals surface area contributed by atoms with Gasteiger partial charge in [-0.1, -0.05) is 24.6 Å². The van der Waals surface area contributed by atoms with Gasteiger partial charge in [0.2, 0.25) is 0 Å². The van der Waals surface area contributed by atoms with E-state index in [1.165, 1.54) is 0 Å². The van der Waals surface area contributed by atoms with Crippen molar-refractivity contribution in [1.82, 2.24) is 15.1 Å². The third-order valence-corrected chi connectivity index (χ3v) is 5.34. The van der Waals surface area contributed by atoms with E-state index in [2.05, 4.69) is 12.2 Å². The van der Waals surface area contributed by atoms with E-state index < -0.39 is 0 Å². The molecule has 1 amide bonds. The molecule has 2 fully saturated rings. The van der Waals surface area contributed by atoms with Crippen LogP contribution in [-0.4, -0.2) is 34.9 Å². The second-order valence-electron chi connectivity index (χ2n) is 7.07. The zero-order valence-corrected chi connectivity index (χ0v) is 15.8. The predicted molar refractivity (Wildman–Crippen MR) is 101 cm³/mol. The molecule has 1 atom stereocenters. The van der Waals surface area contributed by atoms with Gasteiger partial charge >= 0.3 is 0 Å². The SMILES string of the molecule is CCc1c(C(=O)NC[C@@H]2CCCO2)c(C2CC2)nn1-c1cccc(Cl)c1. The van der Waals surface area contributed by atoms with E-state index in [1.54, 1.807) is 0 Å². The van der Waals surface area contributed by atoms with Gasteiger partial charge in [-0.25, -0.2) is 4.68 Å². The fourth-order valence-electron chi connectivity index (χ4n) is 3.61. The summed E-state index contributed by atoms with van der Waals surface area (Å²) in [6.45, 7) is 3.42. The molecule has 26 heavy (non-hydrogen) atoms. The lowest BCUT2D eigenvalue weighted by atomic mass is 10.1. The van der Waals surface area contributed by atoms with Crippen LogP contribution in [0.5, 0.6) is 0 Å². The summed E-state index contributed by atoms with van der Waals surface area (Å²) in [5.74, 6) is 0.358. The van der Waals surface area contributed by atoms with Crippen LogP contribution in [0.15, 0.2) is 24.3 Å². The summed E-state index contributed by atoms with van der Waals surface area (Å²) in [4.78, 5) is 13.0. The summed E-state index contributed by atoms with van der Waals surface area (Å²) in [5.41, 5.74) is 3.51. The highest BCUT2D eigenvalue weighted by molar-refractivity contribution is 6.30. The van der Waals surface area contributed by atoms with E-state index in [1.807, 2.05) is 28.9 Å². The van der Waals surface area contributed by atoms with Crippen molar-refractivity contribution in [3.63, 3.8) is 0 Å². The molecule has 1 aliphatic heterocycles. The fraction of sp³-hybridized carbons (Fsp3) is 0.500. The molecular weight excluding hydrogens is 350 g/mol. The monoisotopic (exact) mass is 373 g/mol. The summed E-state index contributed by atoms with van der Waals surface area (Å²) in [5, 5.41) is 8.56. The highest BCUT2D eigenvalue weighted by Crippen LogP contribution is 2.42. The first-order valence-corrected chi connectivity index (χ1v) is 9.82. The van der Waals surface area contributed by atoms with Crippen LogP contribution in [0, 0.1) is 0 Å². The molecule has 1 N–H and O–H groups in total. The number of hydrogen-bond acceptors (Lipinski definition) is 3. The van der Waals surface area contributed by atoms with Crippen molar-refractivity contribution in [2.45, 2.75) is 51.0 Å². The second kappa shape index (κ2) is 7.41. The minimum atomic E-state index is -0.0347. The van der Waals surface area contributed by atoms with Crippen molar-refractivity contribution in [2.75, 3.05) is 13.2 Å². The molecule has 5 nitrogen and oxygen atoms in total. The fourth-order valence-corrected chi connectivity index (χ4v) is 3.79. The number of halogens is 1. The Morgan fingerprint density at radius 3 is 2.88 bits per heavy atom. The largest absolute Gasteiger partial charge is 0.376 e. The maximum atomic E-state index is 13.0. The summed E-state index contributed by atoms with van der Waals surface area (Å²) < 4.78 is 7.51. The Labute approximate surface area is 158 Å². The van der Waals surface area contributed by atoms with Crippen LogP contribution >= 0.6 is 11.6 Å². The van der Waals surface area contributed by atoms with E-state index in [0.29, 0.717) is 17.5 Å². The van der Waals surface area contributed by atoms with Gasteiger partial charge in [0.25, 0.3) is 5.91 Å². The number of benzene rings is 1. The molecule has 2 aliphatic rings. The number of amides is 1. The maximum absolute atomic E-state index is 13.0. The number of nitrogens with one attached hydrogen (secondary N) is 1. The van der Waals surface area contributed by atoms with Gasteiger partial charge in [-0.3, -0.25) is 4.79 Å². The third-order valence-electron chi connectivity index (χ3n) is 5.10. The van der Waals surface area contributed by atoms with Gasteiger partial charge < -0.3 is 10.1 Å². The van der Waals surface area contributed by atoms with Crippen LogP contribution in [0.25, 0.3) is 5.69 Å². The molecule has 1 saturated heterocycles. The van der Waals surface area contributed by atoms with Crippen molar-refractivity contribution in [2.24, 2.45) is 0 Å². The van der Waals surface area contributed by atoms with Crippen molar-refractivity contribution >= 4 is 17.5 Å². The quantitative estimate of drug-likeness (QED) is 0.836. The molecule has 6 heteroatoms. The van der Waals surface area contributed by atoms with Gasteiger partial charge in [0, 0.05) is 24.1 Å². The van der Waals surface area contributed by atoms with Crippen LogP contribution in [0.1, 0.15) is 60.3 Å². The van der Waals surface area contributed by atoms with Crippen molar-refractivity contribution in [3.05, 3.63) is 46.2 Å². The lowest BCUT2D eigenvalue weighted by molar-refractivity contribution is 0.0856. The van der Waals surface area contributed by atoms with E-state index in [4.69, 9.17) is 21.4 Å². The number of rotatable bonds is 6. The zero-order valence-electron chi connectivity index (χ0n) is 15.0. The first-order valence-electron chi connectivity index (χ1n) is 9.45. The van der Waals surface area contributed by atoms with Crippen molar-refractivity contribution < 1.29 is 9.53 Å². The topological polar surface area (TPSA) is 56.1 Å². The molecule has 1 aliphatic carbocycles. The second-order valence-corrected chi connectivity index (χ2v) is 7.51. The molecule has 0 spiro atoms. The molecule has 4 rings (SSSR count).